The molecule has 22 heavy (non-hydrogen) atoms. The van der Waals surface area contributed by atoms with Crippen molar-refractivity contribution < 1.29 is 14.2 Å². The Bertz CT molecular complexity index is 471. The first-order chi connectivity index (χ1) is 10.7. The summed E-state index contributed by atoms with van der Waals surface area (Å²) >= 11 is 0. The molecule has 0 N–H and O–H groups in total. The number of hydrogen-bond donors (Lipinski definition) is 0. The number of ether oxygens (including phenoxy) is 3. The predicted molar refractivity (Wildman–Crippen MR) is 88.4 cm³/mol. The number of aryl methyl sites for hydroxylation is 1. The van der Waals surface area contributed by atoms with Crippen LogP contribution in [0.2, 0.25) is 0 Å². The normalized spacial score (nSPS) is 16.5. The lowest BCUT2D eigenvalue weighted by molar-refractivity contribution is 0.153. The lowest BCUT2D eigenvalue weighted by Gasteiger charge is -2.32. The van der Waals surface area contributed by atoms with E-state index in [1.54, 1.807) is 21.3 Å². The van der Waals surface area contributed by atoms with Crippen LogP contribution in [-0.2, 0) is 6.42 Å². The zero-order chi connectivity index (χ0) is 15.9. The van der Waals surface area contributed by atoms with Crippen molar-refractivity contribution in [3.8, 4) is 17.2 Å². The second kappa shape index (κ2) is 8.25. The molecule has 0 amide bonds. The number of likely N-dealkylation sites (N-methyl/N-ethyl adjacent to an activating group) is 1. The van der Waals surface area contributed by atoms with Gasteiger partial charge in [-0.1, -0.05) is 6.07 Å². The Morgan fingerprint density at radius 2 is 1.59 bits per heavy atom. The number of methoxy groups -OCH3 is 3. The Balaban J connectivity index is 1.95. The van der Waals surface area contributed by atoms with Crippen LogP contribution in [0.4, 0.5) is 0 Å². The highest BCUT2D eigenvalue weighted by atomic mass is 16.5. The van der Waals surface area contributed by atoms with Crippen LogP contribution in [0.3, 0.4) is 0 Å². The molecule has 124 valence electrons. The molecule has 1 aromatic carbocycles. The quantitative estimate of drug-likeness (QED) is 0.768. The average molecular weight is 308 g/mol. The summed E-state index contributed by atoms with van der Waals surface area (Å²) in [6.45, 7) is 5.80. The Labute approximate surface area is 133 Å². The molecule has 1 aliphatic rings. The molecule has 0 unspecified atom stereocenters. The van der Waals surface area contributed by atoms with E-state index in [1.807, 2.05) is 6.07 Å². The molecule has 5 heteroatoms. The Morgan fingerprint density at radius 1 is 0.909 bits per heavy atom. The number of hydrogen-bond acceptors (Lipinski definition) is 5. The van der Waals surface area contributed by atoms with Gasteiger partial charge in [0.25, 0.3) is 0 Å². The third-order valence-corrected chi connectivity index (χ3v) is 4.30. The maximum absolute atomic E-state index is 5.54. The monoisotopic (exact) mass is 308 g/mol. The van der Waals surface area contributed by atoms with Crippen molar-refractivity contribution in [2.24, 2.45) is 0 Å². The molecule has 0 atom stereocenters. The number of rotatable bonds is 7. The van der Waals surface area contributed by atoms with Crippen molar-refractivity contribution in [2.75, 3.05) is 61.1 Å². The summed E-state index contributed by atoms with van der Waals surface area (Å²) in [6.07, 6.45) is 2.10. The van der Waals surface area contributed by atoms with Gasteiger partial charge >= 0.3 is 0 Å². The highest BCUT2D eigenvalue weighted by Crippen LogP contribution is 2.40. The third kappa shape index (κ3) is 4.05. The summed E-state index contributed by atoms with van der Waals surface area (Å²) in [5.74, 6) is 2.18. The maximum Gasteiger partial charge on any atom is 0.203 e. The van der Waals surface area contributed by atoms with Crippen molar-refractivity contribution in [2.45, 2.75) is 12.8 Å². The van der Waals surface area contributed by atoms with E-state index in [0.717, 1.165) is 25.1 Å². The minimum absolute atomic E-state index is 0.682. The molecular weight excluding hydrogens is 280 g/mol. The van der Waals surface area contributed by atoms with E-state index < -0.39 is 0 Å². The SMILES string of the molecule is COc1ccc(CCCN2CCN(C)CC2)c(OC)c1OC. The van der Waals surface area contributed by atoms with E-state index in [0.29, 0.717) is 11.5 Å². The highest BCUT2D eigenvalue weighted by molar-refractivity contribution is 5.55. The minimum atomic E-state index is 0.682. The maximum atomic E-state index is 5.54. The molecule has 0 aliphatic carbocycles. The van der Waals surface area contributed by atoms with Gasteiger partial charge in [-0.25, -0.2) is 0 Å². The molecule has 0 spiro atoms. The van der Waals surface area contributed by atoms with Crippen LogP contribution in [0.5, 0.6) is 17.2 Å². The molecule has 1 saturated heterocycles. The first-order valence-electron chi connectivity index (χ1n) is 7.88. The fourth-order valence-electron chi connectivity index (χ4n) is 2.92. The highest BCUT2D eigenvalue weighted by Gasteiger charge is 2.17. The molecule has 0 bridgehead atoms. The van der Waals surface area contributed by atoms with Crippen LogP contribution in [0.15, 0.2) is 12.1 Å². The Hall–Kier alpha value is -1.46. The lowest BCUT2D eigenvalue weighted by Crippen LogP contribution is -2.44. The van der Waals surface area contributed by atoms with Crippen LogP contribution in [-0.4, -0.2) is 70.9 Å². The van der Waals surface area contributed by atoms with Crippen LogP contribution in [0.25, 0.3) is 0 Å². The van der Waals surface area contributed by atoms with Crippen LogP contribution in [0, 0.1) is 0 Å². The second-order valence-electron chi connectivity index (χ2n) is 5.74. The molecule has 1 aliphatic heterocycles. The molecule has 0 aromatic heterocycles. The number of nitrogens with zero attached hydrogens (tertiary/aromatic N) is 2. The van der Waals surface area contributed by atoms with Crippen LogP contribution in [0.1, 0.15) is 12.0 Å². The molecule has 1 heterocycles. The van der Waals surface area contributed by atoms with Gasteiger partial charge in [-0.3, -0.25) is 0 Å². The van der Waals surface area contributed by atoms with E-state index in [-0.39, 0.29) is 0 Å². The van der Waals surface area contributed by atoms with Crippen molar-refractivity contribution >= 4 is 0 Å². The molecule has 2 rings (SSSR count). The van der Waals surface area contributed by atoms with Gasteiger partial charge in [0.15, 0.2) is 11.5 Å². The first-order valence-corrected chi connectivity index (χ1v) is 7.88. The summed E-state index contributed by atoms with van der Waals surface area (Å²) in [7, 11) is 7.16. The van der Waals surface area contributed by atoms with E-state index in [4.69, 9.17) is 14.2 Å². The van der Waals surface area contributed by atoms with Gasteiger partial charge in [-0.15, -0.1) is 0 Å². The van der Waals surface area contributed by atoms with Crippen molar-refractivity contribution in [1.82, 2.24) is 9.80 Å². The molecule has 1 aromatic rings. The topological polar surface area (TPSA) is 34.2 Å². The minimum Gasteiger partial charge on any atom is -0.493 e. The molecule has 0 radical (unpaired) electrons. The van der Waals surface area contributed by atoms with Crippen molar-refractivity contribution in [3.05, 3.63) is 17.7 Å². The van der Waals surface area contributed by atoms with E-state index in [9.17, 15) is 0 Å². The summed E-state index contributed by atoms with van der Waals surface area (Å²) in [5.41, 5.74) is 1.18. The number of benzene rings is 1. The second-order valence-corrected chi connectivity index (χ2v) is 5.74. The predicted octanol–water partition coefficient (Wildman–Crippen LogP) is 1.89. The van der Waals surface area contributed by atoms with E-state index >= 15 is 0 Å². The summed E-state index contributed by atoms with van der Waals surface area (Å²) in [6, 6.07) is 4.02. The third-order valence-electron chi connectivity index (χ3n) is 4.30. The molecule has 0 saturated carbocycles. The van der Waals surface area contributed by atoms with E-state index in [2.05, 4.69) is 22.9 Å². The van der Waals surface area contributed by atoms with E-state index in [1.165, 1.54) is 31.7 Å². The molecule has 5 nitrogen and oxygen atoms in total. The summed E-state index contributed by atoms with van der Waals surface area (Å²) in [5, 5.41) is 0. The first kappa shape index (κ1) is 16.9. The van der Waals surface area contributed by atoms with Gasteiger partial charge in [-0.2, -0.15) is 0 Å². The Morgan fingerprint density at radius 3 is 2.18 bits per heavy atom. The van der Waals surface area contributed by atoms with Gasteiger partial charge in [-0.05, 0) is 38.1 Å². The standard InChI is InChI=1S/C17H28N2O3/c1-18-10-12-19(13-11-18)9-5-6-14-7-8-15(20-2)17(22-4)16(14)21-3/h7-8H,5-6,9-13H2,1-4H3. The van der Waals surface area contributed by atoms with Gasteiger partial charge < -0.3 is 24.0 Å². The largest absolute Gasteiger partial charge is 0.493 e. The van der Waals surface area contributed by atoms with Crippen LogP contribution < -0.4 is 14.2 Å². The van der Waals surface area contributed by atoms with Crippen molar-refractivity contribution in [3.63, 3.8) is 0 Å². The fraction of sp³-hybridized carbons (Fsp3) is 0.647. The van der Waals surface area contributed by atoms with Gasteiger partial charge in [0.1, 0.15) is 0 Å². The van der Waals surface area contributed by atoms with Crippen molar-refractivity contribution in [1.29, 1.82) is 0 Å². The van der Waals surface area contributed by atoms with Gasteiger partial charge in [0.05, 0.1) is 21.3 Å². The summed E-state index contributed by atoms with van der Waals surface area (Å²) < 4.78 is 16.3. The summed E-state index contributed by atoms with van der Waals surface area (Å²) in [4.78, 5) is 4.92. The fourth-order valence-corrected chi connectivity index (χ4v) is 2.92. The van der Waals surface area contributed by atoms with Gasteiger partial charge in [0.2, 0.25) is 5.75 Å². The molecular formula is C17H28N2O3. The van der Waals surface area contributed by atoms with Crippen LogP contribution >= 0.6 is 0 Å². The Kier molecular flexibility index (Phi) is 6.34. The van der Waals surface area contributed by atoms with Gasteiger partial charge in [0, 0.05) is 26.2 Å². The zero-order valence-corrected chi connectivity index (χ0v) is 14.2. The molecule has 1 fully saturated rings. The zero-order valence-electron chi connectivity index (χ0n) is 14.2. The number of piperazine rings is 1. The lowest BCUT2D eigenvalue weighted by atomic mass is 10.1. The smallest absolute Gasteiger partial charge is 0.203 e. The average Bonchev–Trinajstić information content (AvgIpc) is 2.55.